The second-order valence-electron chi connectivity index (χ2n) is 5.91. The van der Waals surface area contributed by atoms with E-state index in [0.717, 1.165) is 13.0 Å². The van der Waals surface area contributed by atoms with Gasteiger partial charge in [-0.25, -0.2) is 8.42 Å². The Morgan fingerprint density at radius 3 is 2.43 bits per heavy atom. The lowest BCUT2D eigenvalue weighted by atomic mass is 10.0. The monoisotopic (exact) mass is 332 g/mol. The van der Waals surface area contributed by atoms with Gasteiger partial charge in [-0.05, 0) is 37.0 Å². The molecule has 0 radical (unpaired) electrons. The number of rotatable bonds is 4. The molecule has 1 atom stereocenters. The first-order valence-corrected chi connectivity index (χ1v) is 8.67. The Bertz CT molecular complexity index is 543. The van der Waals surface area contributed by atoms with Crippen LogP contribution in [0.5, 0.6) is 0 Å². The molecule has 1 aliphatic rings. The third-order valence-electron chi connectivity index (χ3n) is 3.61. The quantitative estimate of drug-likeness (QED) is 0.920. The van der Waals surface area contributed by atoms with E-state index in [2.05, 4.69) is 19.2 Å². The summed E-state index contributed by atoms with van der Waals surface area (Å²) in [6, 6.07) is 7.34. The van der Waals surface area contributed by atoms with Crippen LogP contribution >= 0.6 is 12.4 Å². The van der Waals surface area contributed by atoms with Gasteiger partial charge in [0, 0.05) is 25.7 Å². The molecule has 1 aromatic rings. The van der Waals surface area contributed by atoms with Crippen LogP contribution in [0.1, 0.15) is 26.3 Å². The SMILES string of the molecule is CC(C)Cc1ccc(S(=O)(=O)N2CCNC[C@H]2C)cc1.Cl. The van der Waals surface area contributed by atoms with Crippen LogP contribution in [0.4, 0.5) is 0 Å². The highest BCUT2D eigenvalue weighted by molar-refractivity contribution is 7.89. The Hall–Kier alpha value is -0.620. The Morgan fingerprint density at radius 1 is 1.29 bits per heavy atom. The number of hydrogen-bond acceptors (Lipinski definition) is 3. The van der Waals surface area contributed by atoms with E-state index in [1.807, 2.05) is 19.1 Å². The van der Waals surface area contributed by atoms with Crippen LogP contribution in [0.25, 0.3) is 0 Å². The van der Waals surface area contributed by atoms with Gasteiger partial charge in [0.15, 0.2) is 0 Å². The van der Waals surface area contributed by atoms with Gasteiger partial charge in [0.05, 0.1) is 4.90 Å². The minimum atomic E-state index is -3.36. The van der Waals surface area contributed by atoms with Gasteiger partial charge in [0.2, 0.25) is 10.0 Å². The highest BCUT2D eigenvalue weighted by atomic mass is 35.5. The molecular weight excluding hydrogens is 308 g/mol. The van der Waals surface area contributed by atoms with Crippen LogP contribution in [-0.4, -0.2) is 38.4 Å². The minimum Gasteiger partial charge on any atom is -0.314 e. The molecule has 0 bridgehead atoms. The fraction of sp³-hybridized carbons (Fsp3) is 0.600. The zero-order chi connectivity index (χ0) is 14.8. The van der Waals surface area contributed by atoms with Gasteiger partial charge in [-0.1, -0.05) is 26.0 Å². The van der Waals surface area contributed by atoms with Crippen LogP contribution in [-0.2, 0) is 16.4 Å². The van der Waals surface area contributed by atoms with Crippen molar-refractivity contribution in [2.45, 2.75) is 38.1 Å². The zero-order valence-corrected chi connectivity index (χ0v) is 14.5. The van der Waals surface area contributed by atoms with Crippen molar-refractivity contribution in [3.8, 4) is 0 Å². The molecule has 120 valence electrons. The van der Waals surface area contributed by atoms with Crippen LogP contribution in [0, 0.1) is 5.92 Å². The maximum absolute atomic E-state index is 12.6. The molecule has 0 saturated carbocycles. The average Bonchev–Trinajstić information content (AvgIpc) is 2.39. The average molecular weight is 333 g/mol. The second kappa shape index (κ2) is 7.58. The van der Waals surface area contributed by atoms with E-state index in [9.17, 15) is 8.42 Å². The van der Waals surface area contributed by atoms with Crippen molar-refractivity contribution in [1.29, 1.82) is 0 Å². The summed E-state index contributed by atoms with van der Waals surface area (Å²) in [5, 5.41) is 3.21. The van der Waals surface area contributed by atoms with E-state index in [1.165, 1.54) is 5.56 Å². The summed E-state index contributed by atoms with van der Waals surface area (Å²) in [4.78, 5) is 0.402. The summed E-state index contributed by atoms with van der Waals surface area (Å²) >= 11 is 0. The summed E-state index contributed by atoms with van der Waals surface area (Å²) in [5.41, 5.74) is 1.19. The predicted molar refractivity (Wildman–Crippen MR) is 88.5 cm³/mol. The van der Waals surface area contributed by atoms with Crippen molar-refractivity contribution in [3.63, 3.8) is 0 Å². The molecule has 1 N–H and O–H groups in total. The molecule has 21 heavy (non-hydrogen) atoms. The lowest BCUT2D eigenvalue weighted by Crippen LogP contribution is -2.52. The van der Waals surface area contributed by atoms with Crippen molar-refractivity contribution in [2.24, 2.45) is 5.92 Å². The number of halogens is 1. The molecule has 2 rings (SSSR count). The number of piperazine rings is 1. The maximum atomic E-state index is 12.6. The van der Waals surface area contributed by atoms with E-state index in [-0.39, 0.29) is 18.4 Å². The first-order valence-electron chi connectivity index (χ1n) is 7.23. The second-order valence-corrected chi connectivity index (χ2v) is 7.80. The summed E-state index contributed by atoms with van der Waals surface area (Å²) in [6.07, 6.45) is 0.977. The number of nitrogens with one attached hydrogen (secondary N) is 1. The first kappa shape index (κ1) is 18.4. The summed E-state index contributed by atoms with van der Waals surface area (Å²) in [6.45, 7) is 8.23. The Labute approximate surface area is 134 Å². The third-order valence-corrected chi connectivity index (χ3v) is 5.64. The van der Waals surface area contributed by atoms with Gasteiger partial charge in [-0.15, -0.1) is 12.4 Å². The van der Waals surface area contributed by atoms with Gasteiger partial charge in [0.1, 0.15) is 0 Å². The lowest BCUT2D eigenvalue weighted by Gasteiger charge is -2.32. The Kier molecular flexibility index (Phi) is 6.66. The molecule has 1 fully saturated rings. The molecular formula is C15H25ClN2O2S. The fourth-order valence-corrected chi connectivity index (χ4v) is 4.21. The molecule has 0 aliphatic carbocycles. The molecule has 1 saturated heterocycles. The van der Waals surface area contributed by atoms with E-state index >= 15 is 0 Å². The van der Waals surface area contributed by atoms with E-state index < -0.39 is 10.0 Å². The summed E-state index contributed by atoms with van der Waals surface area (Å²) in [5.74, 6) is 0.575. The topological polar surface area (TPSA) is 49.4 Å². The normalized spacial score (nSPS) is 20.3. The summed E-state index contributed by atoms with van der Waals surface area (Å²) < 4.78 is 26.9. The molecule has 0 spiro atoms. The number of sulfonamides is 1. The predicted octanol–water partition coefficient (Wildman–Crippen LogP) is 2.29. The maximum Gasteiger partial charge on any atom is 0.243 e. The van der Waals surface area contributed by atoms with Crippen LogP contribution in [0.2, 0.25) is 0 Å². The molecule has 1 heterocycles. The van der Waals surface area contributed by atoms with Gasteiger partial charge in [0.25, 0.3) is 0 Å². The van der Waals surface area contributed by atoms with E-state index in [0.29, 0.717) is 23.9 Å². The lowest BCUT2D eigenvalue weighted by molar-refractivity contribution is 0.284. The van der Waals surface area contributed by atoms with Crippen molar-refractivity contribution in [3.05, 3.63) is 29.8 Å². The molecule has 1 aliphatic heterocycles. The molecule has 0 amide bonds. The van der Waals surface area contributed by atoms with Gasteiger partial charge in [-0.2, -0.15) is 4.31 Å². The van der Waals surface area contributed by atoms with Gasteiger partial charge >= 0.3 is 0 Å². The van der Waals surface area contributed by atoms with Crippen molar-refractivity contribution < 1.29 is 8.42 Å². The largest absolute Gasteiger partial charge is 0.314 e. The van der Waals surface area contributed by atoms with Crippen molar-refractivity contribution >= 4 is 22.4 Å². The highest BCUT2D eigenvalue weighted by Crippen LogP contribution is 2.20. The number of hydrogen-bond donors (Lipinski definition) is 1. The smallest absolute Gasteiger partial charge is 0.243 e. The molecule has 6 heteroatoms. The Balaban J connectivity index is 0.00000220. The molecule has 0 aromatic heterocycles. The van der Waals surface area contributed by atoms with E-state index in [1.54, 1.807) is 16.4 Å². The summed E-state index contributed by atoms with van der Waals surface area (Å²) in [7, 11) is -3.36. The van der Waals surface area contributed by atoms with Crippen LogP contribution in [0.3, 0.4) is 0 Å². The van der Waals surface area contributed by atoms with Crippen molar-refractivity contribution in [2.75, 3.05) is 19.6 Å². The third kappa shape index (κ3) is 4.42. The minimum absolute atomic E-state index is 0. The molecule has 1 aromatic carbocycles. The standard InChI is InChI=1S/C15H24N2O2S.ClH/c1-12(2)10-14-4-6-15(7-5-14)20(18,19)17-9-8-16-11-13(17)3;/h4-7,12-13,16H,8-11H2,1-3H3;1H/t13-;/m1./s1. The fourth-order valence-electron chi connectivity index (χ4n) is 2.58. The molecule has 4 nitrogen and oxygen atoms in total. The van der Waals surface area contributed by atoms with Crippen molar-refractivity contribution in [1.82, 2.24) is 9.62 Å². The van der Waals surface area contributed by atoms with Crippen LogP contribution < -0.4 is 5.32 Å². The number of nitrogens with zero attached hydrogens (tertiary/aromatic N) is 1. The van der Waals surface area contributed by atoms with Crippen LogP contribution in [0.15, 0.2) is 29.2 Å². The van der Waals surface area contributed by atoms with E-state index in [4.69, 9.17) is 0 Å². The molecule has 0 unspecified atom stereocenters. The zero-order valence-electron chi connectivity index (χ0n) is 12.9. The number of benzene rings is 1. The van der Waals surface area contributed by atoms with Gasteiger partial charge < -0.3 is 5.32 Å². The highest BCUT2D eigenvalue weighted by Gasteiger charge is 2.30. The first-order chi connectivity index (χ1) is 9.41. The van der Waals surface area contributed by atoms with Gasteiger partial charge in [-0.3, -0.25) is 0 Å². The Morgan fingerprint density at radius 2 is 1.90 bits per heavy atom.